The number of aliphatic carboxylic acids is 1. The van der Waals surface area contributed by atoms with Gasteiger partial charge in [-0.25, -0.2) is 0 Å². The molecule has 2 unspecified atom stereocenters. The Hall–Kier alpha value is -1.39. The fourth-order valence-corrected chi connectivity index (χ4v) is 1.72. The van der Waals surface area contributed by atoms with Crippen molar-refractivity contribution < 1.29 is 9.90 Å². The van der Waals surface area contributed by atoms with Gasteiger partial charge in [-0.1, -0.05) is 29.8 Å². The van der Waals surface area contributed by atoms with Crippen LogP contribution in [0.15, 0.2) is 24.3 Å². The van der Waals surface area contributed by atoms with Gasteiger partial charge < -0.3 is 16.2 Å². The summed E-state index contributed by atoms with van der Waals surface area (Å²) in [6.45, 7) is 2.01. The summed E-state index contributed by atoms with van der Waals surface area (Å²) < 4.78 is 0. The van der Waals surface area contributed by atoms with E-state index < -0.39 is 12.0 Å². The molecule has 0 amide bonds. The number of likely N-dealkylation sites (N-methyl/N-ethyl adjacent to an activating group) is 1. The highest BCUT2D eigenvalue weighted by atomic mass is 16.4. The molecule has 0 saturated heterocycles. The lowest BCUT2D eigenvalue weighted by molar-refractivity contribution is -0.137. The molecule has 2 atom stereocenters. The number of benzene rings is 1. The van der Waals surface area contributed by atoms with Gasteiger partial charge in [0.15, 0.2) is 0 Å². The van der Waals surface area contributed by atoms with Crippen molar-refractivity contribution in [3.8, 4) is 0 Å². The zero-order valence-corrected chi connectivity index (χ0v) is 9.60. The third kappa shape index (κ3) is 3.32. The average molecular weight is 222 g/mol. The average Bonchev–Trinajstić information content (AvgIpc) is 2.21. The standard InChI is InChI=1S/C12H18N2O2/c1-8-3-5-9(6-4-8)12(14-2)10(13)7-11(15)16/h3-6,10,12,14H,7,13H2,1-2H3,(H,15,16). The summed E-state index contributed by atoms with van der Waals surface area (Å²) in [6, 6.07) is 7.37. The molecule has 0 heterocycles. The van der Waals surface area contributed by atoms with Gasteiger partial charge in [0.2, 0.25) is 0 Å². The highest BCUT2D eigenvalue weighted by Gasteiger charge is 2.20. The summed E-state index contributed by atoms with van der Waals surface area (Å²) in [4.78, 5) is 10.6. The van der Waals surface area contributed by atoms with E-state index in [-0.39, 0.29) is 12.5 Å². The minimum atomic E-state index is -0.875. The van der Waals surface area contributed by atoms with Crippen LogP contribution in [-0.2, 0) is 4.79 Å². The number of nitrogens with two attached hydrogens (primary N) is 1. The molecule has 0 aliphatic carbocycles. The summed E-state index contributed by atoms with van der Waals surface area (Å²) in [6.07, 6.45) is -0.0423. The van der Waals surface area contributed by atoms with Crippen LogP contribution in [-0.4, -0.2) is 24.2 Å². The van der Waals surface area contributed by atoms with Crippen molar-refractivity contribution in [2.45, 2.75) is 25.4 Å². The topological polar surface area (TPSA) is 75.3 Å². The van der Waals surface area contributed by atoms with Crippen LogP contribution < -0.4 is 11.1 Å². The van der Waals surface area contributed by atoms with Crippen molar-refractivity contribution in [2.75, 3.05) is 7.05 Å². The van der Waals surface area contributed by atoms with E-state index >= 15 is 0 Å². The first-order valence-corrected chi connectivity index (χ1v) is 5.25. The smallest absolute Gasteiger partial charge is 0.304 e. The highest BCUT2D eigenvalue weighted by Crippen LogP contribution is 2.17. The Labute approximate surface area is 95.5 Å². The normalized spacial score (nSPS) is 14.4. The molecule has 0 aromatic heterocycles. The molecule has 4 heteroatoms. The first kappa shape index (κ1) is 12.7. The van der Waals surface area contributed by atoms with Crippen LogP contribution >= 0.6 is 0 Å². The second-order valence-electron chi connectivity index (χ2n) is 3.94. The lowest BCUT2D eigenvalue weighted by Crippen LogP contribution is -2.37. The summed E-state index contributed by atoms with van der Waals surface area (Å²) in [5.41, 5.74) is 8.04. The first-order chi connectivity index (χ1) is 7.54. The van der Waals surface area contributed by atoms with Gasteiger partial charge in [-0.15, -0.1) is 0 Å². The van der Waals surface area contributed by atoms with Crippen LogP contribution in [0.25, 0.3) is 0 Å². The third-order valence-corrected chi connectivity index (χ3v) is 2.59. The molecule has 4 nitrogen and oxygen atoms in total. The molecular formula is C12H18N2O2. The van der Waals surface area contributed by atoms with Crippen molar-refractivity contribution in [3.63, 3.8) is 0 Å². The lowest BCUT2D eigenvalue weighted by atomic mass is 9.97. The number of carboxylic acids is 1. The number of rotatable bonds is 5. The molecule has 1 rings (SSSR count). The molecule has 16 heavy (non-hydrogen) atoms. The summed E-state index contributed by atoms with van der Waals surface area (Å²) in [5, 5.41) is 11.8. The van der Waals surface area contributed by atoms with Crippen LogP contribution in [0, 0.1) is 6.92 Å². The van der Waals surface area contributed by atoms with Gasteiger partial charge in [-0.05, 0) is 19.5 Å². The SMILES string of the molecule is CNC(c1ccc(C)cc1)C(N)CC(=O)O. The van der Waals surface area contributed by atoms with Crippen molar-refractivity contribution in [1.29, 1.82) is 0 Å². The van der Waals surface area contributed by atoms with Gasteiger partial charge >= 0.3 is 5.97 Å². The maximum absolute atomic E-state index is 10.6. The third-order valence-electron chi connectivity index (χ3n) is 2.59. The summed E-state index contributed by atoms with van der Waals surface area (Å²) >= 11 is 0. The zero-order valence-electron chi connectivity index (χ0n) is 9.60. The molecule has 0 aliphatic heterocycles. The molecule has 4 N–H and O–H groups in total. The van der Waals surface area contributed by atoms with Crippen molar-refractivity contribution >= 4 is 5.97 Å². The van der Waals surface area contributed by atoms with Crippen LogP contribution in [0.3, 0.4) is 0 Å². The maximum Gasteiger partial charge on any atom is 0.304 e. The van der Waals surface area contributed by atoms with Gasteiger partial charge in [0.05, 0.1) is 6.42 Å². The molecule has 1 aromatic rings. The van der Waals surface area contributed by atoms with E-state index in [1.54, 1.807) is 7.05 Å². The maximum atomic E-state index is 10.6. The first-order valence-electron chi connectivity index (χ1n) is 5.25. The highest BCUT2D eigenvalue weighted by molar-refractivity contribution is 5.67. The largest absolute Gasteiger partial charge is 0.481 e. The molecule has 0 bridgehead atoms. The monoisotopic (exact) mass is 222 g/mol. The molecule has 0 spiro atoms. The lowest BCUT2D eigenvalue weighted by Gasteiger charge is -2.22. The second-order valence-corrected chi connectivity index (χ2v) is 3.94. The predicted molar refractivity (Wildman–Crippen MR) is 63.2 cm³/mol. The van der Waals surface area contributed by atoms with E-state index in [9.17, 15) is 4.79 Å². The Kier molecular flexibility index (Phi) is 4.46. The van der Waals surface area contributed by atoms with Gasteiger partial charge in [-0.3, -0.25) is 4.79 Å². The fraction of sp³-hybridized carbons (Fsp3) is 0.417. The Morgan fingerprint density at radius 1 is 1.44 bits per heavy atom. The quantitative estimate of drug-likeness (QED) is 0.696. The molecular weight excluding hydrogens is 204 g/mol. The number of hydrogen-bond acceptors (Lipinski definition) is 3. The van der Waals surface area contributed by atoms with E-state index in [0.29, 0.717) is 0 Å². The number of hydrogen-bond donors (Lipinski definition) is 3. The van der Waals surface area contributed by atoms with E-state index in [4.69, 9.17) is 10.8 Å². The Morgan fingerprint density at radius 3 is 2.44 bits per heavy atom. The van der Waals surface area contributed by atoms with Crippen molar-refractivity contribution in [1.82, 2.24) is 5.32 Å². The van der Waals surface area contributed by atoms with Crippen molar-refractivity contribution in [2.24, 2.45) is 5.73 Å². The summed E-state index contributed by atoms with van der Waals surface area (Å²) in [7, 11) is 1.78. The molecule has 0 fully saturated rings. The number of aryl methyl sites for hydroxylation is 1. The van der Waals surface area contributed by atoms with Gasteiger partial charge in [0, 0.05) is 12.1 Å². The van der Waals surface area contributed by atoms with E-state index in [1.165, 1.54) is 5.56 Å². The van der Waals surface area contributed by atoms with Crippen molar-refractivity contribution in [3.05, 3.63) is 35.4 Å². The predicted octanol–water partition coefficient (Wildman–Crippen LogP) is 1.06. The van der Waals surface area contributed by atoms with Gasteiger partial charge in [0.25, 0.3) is 0 Å². The van der Waals surface area contributed by atoms with Gasteiger partial charge in [-0.2, -0.15) is 0 Å². The van der Waals surface area contributed by atoms with Crippen LogP contribution in [0.2, 0.25) is 0 Å². The number of nitrogens with one attached hydrogen (secondary N) is 1. The molecule has 1 aromatic carbocycles. The Morgan fingerprint density at radius 2 is 2.00 bits per heavy atom. The minimum absolute atomic E-state index is 0.0423. The molecule has 0 aliphatic rings. The van der Waals surface area contributed by atoms with Crippen LogP contribution in [0.5, 0.6) is 0 Å². The second kappa shape index (κ2) is 5.63. The molecule has 0 radical (unpaired) electrons. The van der Waals surface area contributed by atoms with Crippen LogP contribution in [0.4, 0.5) is 0 Å². The van der Waals surface area contributed by atoms with E-state index in [0.717, 1.165) is 5.56 Å². The van der Waals surface area contributed by atoms with E-state index in [1.807, 2.05) is 31.2 Å². The molecule has 88 valence electrons. The van der Waals surface area contributed by atoms with Gasteiger partial charge in [0.1, 0.15) is 0 Å². The Bertz CT molecular complexity index is 349. The molecule has 0 saturated carbocycles. The Balaban J connectivity index is 2.81. The number of carboxylic acid groups (broad SMARTS) is 1. The number of carbonyl (C=O) groups is 1. The van der Waals surface area contributed by atoms with E-state index in [2.05, 4.69) is 5.32 Å². The summed E-state index contributed by atoms with van der Waals surface area (Å²) in [5.74, 6) is -0.875. The fourth-order valence-electron chi connectivity index (χ4n) is 1.72. The zero-order chi connectivity index (χ0) is 12.1. The van der Waals surface area contributed by atoms with Crippen LogP contribution in [0.1, 0.15) is 23.6 Å². The minimum Gasteiger partial charge on any atom is -0.481 e.